The van der Waals surface area contributed by atoms with Crippen molar-refractivity contribution < 1.29 is 17.3 Å². The summed E-state index contributed by atoms with van der Waals surface area (Å²) >= 11 is 0. The van der Waals surface area contributed by atoms with Crippen LogP contribution in [0, 0.1) is 0 Å². The van der Waals surface area contributed by atoms with E-state index in [4.69, 9.17) is 8.84 Å². The minimum absolute atomic E-state index is 0.0390. The Hall–Kier alpha value is -1.34. The summed E-state index contributed by atoms with van der Waals surface area (Å²) in [6.45, 7) is -0.0390. The van der Waals surface area contributed by atoms with E-state index in [1.54, 1.807) is 0 Å². The molecule has 0 heterocycles. The zero-order chi connectivity index (χ0) is 12.7. The van der Waals surface area contributed by atoms with Crippen LogP contribution in [0.25, 0.3) is 0 Å². The molecule has 0 saturated carbocycles. The van der Waals surface area contributed by atoms with Crippen LogP contribution in [0.1, 0.15) is 11.6 Å². The molecule has 0 fully saturated rings. The van der Waals surface area contributed by atoms with Gasteiger partial charge in [0.1, 0.15) is 6.04 Å². The normalized spacial score (nSPS) is 13.7. The van der Waals surface area contributed by atoms with E-state index < -0.39 is 16.2 Å². The van der Waals surface area contributed by atoms with Crippen LogP contribution in [0.3, 0.4) is 0 Å². The molecule has 0 N–H and O–H groups in total. The largest absolute Gasteiger partial charge is 0.560 e. The Morgan fingerprint density at radius 1 is 1.41 bits per heavy atom. The van der Waals surface area contributed by atoms with Crippen LogP contribution in [-0.2, 0) is 19.0 Å². The van der Waals surface area contributed by atoms with Crippen molar-refractivity contribution in [2.75, 3.05) is 12.9 Å². The van der Waals surface area contributed by atoms with E-state index in [0.29, 0.717) is 0 Å². The Balaban J connectivity index is 2.78. The maximum atomic E-state index is 10.9. The standard InChI is InChI=1S/C10H14BNO4S/c1-17(13,14)16-7-10(12-8-15-11)9-5-3-2-4-6-9/h2-6,8,10H,7,11H2,1H3/t10-/m0/s1. The second-order valence-corrected chi connectivity index (χ2v) is 5.05. The monoisotopic (exact) mass is 255 g/mol. The molecule has 0 aliphatic heterocycles. The Kier molecular flexibility index (Phi) is 5.18. The van der Waals surface area contributed by atoms with Gasteiger partial charge < -0.3 is 4.65 Å². The fraction of sp³-hybridized carbons (Fsp3) is 0.300. The Morgan fingerprint density at radius 2 is 2.06 bits per heavy atom. The van der Waals surface area contributed by atoms with E-state index in [1.165, 1.54) is 14.4 Å². The van der Waals surface area contributed by atoms with Crippen LogP contribution < -0.4 is 0 Å². The fourth-order valence-corrected chi connectivity index (χ4v) is 1.60. The average molecular weight is 255 g/mol. The topological polar surface area (TPSA) is 65.0 Å². The van der Waals surface area contributed by atoms with Crippen molar-refractivity contribution >= 4 is 24.6 Å². The van der Waals surface area contributed by atoms with Crippen molar-refractivity contribution in [3.05, 3.63) is 35.9 Å². The fourth-order valence-electron chi connectivity index (χ4n) is 1.22. The molecule has 0 aromatic heterocycles. The van der Waals surface area contributed by atoms with Crippen LogP contribution in [0.2, 0.25) is 0 Å². The van der Waals surface area contributed by atoms with Gasteiger partial charge in [0.2, 0.25) is 0 Å². The Morgan fingerprint density at radius 3 is 2.59 bits per heavy atom. The Labute approximate surface area is 102 Å². The smallest absolute Gasteiger partial charge is 0.323 e. The minimum atomic E-state index is -3.47. The third-order valence-corrected chi connectivity index (χ3v) is 2.53. The van der Waals surface area contributed by atoms with Gasteiger partial charge in [-0.05, 0) is 5.56 Å². The lowest BCUT2D eigenvalue weighted by Gasteiger charge is -2.11. The van der Waals surface area contributed by atoms with Crippen LogP contribution in [0.4, 0.5) is 0 Å². The van der Waals surface area contributed by atoms with Crippen LogP contribution in [0.15, 0.2) is 35.3 Å². The predicted molar refractivity (Wildman–Crippen MR) is 68.1 cm³/mol. The second kappa shape index (κ2) is 6.41. The molecule has 7 heteroatoms. The number of aliphatic imine (C=N–C) groups is 1. The molecule has 0 saturated heterocycles. The highest BCUT2D eigenvalue weighted by atomic mass is 32.2. The summed E-state index contributed by atoms with van der Waals surface area (Å²) in [5.74, 6) is 0. The summed E-state index contributed by atoms with van der Waals surface area (Å²) in [4.78, 5) is 4.08. The number of nitrogens with zero attached hydrogens (tertiary/aromatic N) is 1. The van der Waals surface area contributed by atoms with Gasteiger partial charge in [0.15, 0.2) is 6.40 Å². The molecule has 0 spiro atoms. The van der Waals surface area contributed by atoms with Gasteiger partial charge in [-0.1, -0.05) is 30.3 Å². The van der Waals surface area contributed by atoms with Crippen molar-refractivity contribution in [3.8, 4) is 0 Å². The van der Waals surface area contributed by atoms with Gasteiger partial charge in [-0.15, -0.1) is 0 Å². The first-order chi connectivity index (χ1) is 8.03. The zero-order valence-corrected chi connectivity index (χ0v) is 10.6. The summed E-state index contributed by atoms with van der Waals surface area (Å²) in [5, 5.41) is 0. The van der Waals surface area contributed by atoms with E-state index in [-0.39, 0.29) is 6.61 Å². The first-order valence-corrected chi connectivity index (χ1v) is 6.78. The van der Waals surface area contributed by atoms with E-state index in [0.717, 1.165) is 11.8 Å². The lowest BCUT2D eigenvalue weighted by atomic mass is 10.1. The highest BCUT2D eigenvalue weighted by molar-refractivity contribution is 7.85. The van der Waals surface area contributed by atoms with Crippen LogP contribution >= 0.6 is 0 Å². The molecular formula is C10H14BNO4S. The SMILES string of the molecule is BOC=N[C@@H](COS(C)(=O)=O)c1ccccc1. The van der Waals surface area contributed by atoms with Gasteiger partial charge in [0.25, 0.3) is 10.1 Å². The molecule has 0 amide bonds. The molecule has 0 radical (unpaired) electrons. The van der Waals surface area contributed by atoms with Crippen molar-refractivity contribution in [1.29, 1.82) is 0 Å². The lowest BCUT2D eigenvalue weighted by molar-refractivity contribution is 0.297. The van der Waals surface area contributed by atoms with Gasteiger partial charge in [-0.3, -0.25) is 4.18 Å². The van der Waals surface area contributed by atoms with Gasteiger partial charge in [0.05, 0.1) is 12.9 Å². The number of benzene rings is 1. The van der Waals surface area contributed by atoms with E-state index in [9.17, 15) is 8.42 Å². The molecule has 0 bridgehead atoms. The minimum Gasteiger partial charge on any atom is -0.560 e. The second-order valence-electron chi connectivity index (χ2n) is 3.41. The third-order valence-electron chi connectivity index (χ3n) is 1.97. The molecule has 0 aliphatic rings. The predicted octanol–water partition coefficient (Wildman–Crippen LogP) is 0.297. The van der Waals surface area contributed by atoms with E-state index in [1.807, 2.05) is 30.3 Å². The van der Waals surface area contributed by atoms with Crippen molar-refractivity contribution in [1.82, 2.24) is 0 Å². The average Bonchev–Trinajstić information content (AvgIpc) is 2.29. The maximum Gasteiger partial charge on any atom is 0.323 e. The summed E-state index contributed by atoms with van der Waals surface area (Å²) in [6, 6.07) is 8.88. The highest BCUT2D eigenvalue weighted by Gasteiger charge is 2.12. The number of rotatable bonds is 6. The first-order valence-electron chi connectivity index (χ1n) is 4.96. The van der Waals surface area contributed by atoms with E-state index in [2.05, 4.69) is 4.99 Å². The third kappa shape index (κ3) is 5.51. The molecule has 1 atom stereocenters. The molecule has 17 heavy (non-hydrogen) atoms. The molecule has 1 aromatic rings. The van der Waals surface area contributed by atoms with Crippen molar-refractivity contribution in [2.24, 2.45) is 4.99 Å². The summed E-state index contributed by atoms with van der Waals surface area (Å²) in [6.07, 6.45) is 2.28. The van der Waals surface area contributed by atoms with Gasteiger partial charge in [0, 0.05) is 0 Å². The molecule has 1 aromatic carbocycles. The van der Waals surface area contributed by atoms with Crippen molar-refractivity contribution in [3.63, 3.8) is 0 Å². The molecule has 0 aliphatic carbocycles. The summed E-state index contributed by atoms with van der Waals surface area (Å²) in [5.41, 5.74) is 0.865. The van der Waals surface area contributed by atoms with Gasteiger partial charge in [-0.25, -0.2) is 4.99 Å². The molecular weight excluding hydrogens is 241 g/mol. The van der Waals surface area contributed by atoms with Crippen LogP contribution in [0.5, 0.6) is 0 Å². The molecule has 92 valence electrons. The number of hydrogen-bond donors (Lipinski definition) is 0. The molecule has 0 unspecified atom stereocenters. The summed E-state index contributed by atoms with van der Waals surface area (Å²) in [7, 11) is -1.99. The summed E-state index contributed by atoms with van der Waals surface area (Å²) < 4.78 is 31.3. The zero-order valence-electron chi connectivity index (χ0n) is 9.74. The molecule has 1 rings (SSSR count). The lowest BCUT2D eigenvalue weighted by Crippen LogP contribution is -2.11. The Bertz CT molecular complexity index is 460. The quantitative estimate of drug-likeness (QED) is 0.317. The first kappa shape index (κ1) is 13.7. The molecule has 5 nitrogen and oxygen atoms in total. The van der Waals surface area contributed by atoms with Gasteiger partial charge >= 0.3 is 8.05 Å². The van der Waals surface area contributed by atoms with Crippen molar-refractivity contribution in [2.45, 2.75) is 6.04 Å². The highest BCUT2D eigenvalue weighted by Crippen LogP contribution is 2.17. The van der Waals surface area contributed by atoms with Crippen LogP contribution in [-0.4, -0.2) is 35.7 Å². The van der Waals surface area contributed by atoms with Gasteiger partial charge in [-0.2, -0.15) is 8.42 Å². The maximum absolute atomic E-state index is 10.9. The van der Waals surface area contributed by atoms with E-state index >= 15 is 0 Å². The number of hydrogen-bond acceptors (Lipinski definition) is 5.